The van der Waals surface area contributed by atoms with Crippen molar-refractivity contribution in [1.82, 2.24) is 14.4 Å². The SMILES string of the molecule is Fc1ccc(-c2ccco2)cc1NCc1cn2cccnc2n1. The number of anilines is 1. The lowest BCUT2D eigenvalue weighted by Gasteiger charge is -2.07. The number of benzene rings is 1. The Morgan fingerprint density at radius 2 is 2.17 bits per heavy atom. The van der Waals surface area contributed by atoms with Crippen molar-refractivity contribution in [2.24, 2.45) is 0 Å². The molecule has 0 bridgehead atoms. The number of nitrogens with zero attached hydrogens (tertiary/aromatic N) is 3. The number of hydrogen-bond donors (Lipinski definition) is 1. The Kier molecular flexibility index (Phi) is 3.27. The van der Waals surface area contributed by atoms with Crippen molar-refractivity contribution in [3.63, 3.8) is 0 Å². The summed E-state index contributed by atoms with van der Waals surface area (Å²) in [7, 11) is 0. The fourth-order valence-electron chi connectivity index (χ4n) is 2.41. The quantitative estimate of drug-likeness (QED) is 0.624. The molecular weight excluding hydrogens is 295 g/mol. The number of furan rings is 1. The first-order valence-corrected chi connectivity index (χ1v) is 7.15. The van der Waals surface area contributed by atoms with Gasteiger partial charge in [0.25, 0.3) is 0 Å². The van der Waals surface area contributed by atoms with Gasteiger partial charge in [-0.3, -0.25) is 4.40 Å². The first-order valence-electron chi connectivity index (χ1n) is 7.15. The van der Waals surface area contributed by atoms with E-state index in [0.717, 1.165) is 11.3 Å². The van der Waals surface area contributed by atoms with Crippen LogP contribution in [0.25, 0.3) is 17.1 Å². The molecule has 0 unspecified atom stereocenters. The highest BCUT2D eigenvalue weighted by atomic mass is 19.1. The highest BCUT2D eigenvalue weighted by molar-refractivity contribution is 5.64. The van der Waals surface area contributed by atoms with E-state index in [-0.39, 0.29) is 5.82 Å². The van der Waals surface area contributed by atoms with E-state index in [2.05, 4.69) is 15.3 Å². The lowest BCUT2D eigenvalue weighted by Crippen LogP contribution is -2.02. The number of aromatic nitrogens is 3. The van der Waals surface area contributed by atoms with E-state index in [4.69, 9.17) is 4.42 Å². The van der Waals surface area contributed by atoms with Gasteiger partial charge in [0.2, 0.25) is 5.78 Å². The van der Waals surface area contributed by atoms with E-state index < -0.39 is 0 Å². The summed E-state index contributed by atoms with van der Waals surface area (Å²) in [5, 5.41) is 3.07. The Bertz CT molecular complexity index is 913. The van der Waals surface area contributed by atoms with Crippen molar-refractivity contribution in [2.75, 3.05) is 5.32 Å². The van der Waals surface area contributed by atoms with Gasteiger partial charge in [0.1, 0.15) is 11.6 Å². The highest BCUT2D eigenvalue weighted by Gasteiger charge is 2.08. The molecule has 0 aliphatic carbocycles. The Balaban J connectivity index is 1.57. The minimum absolute atomic E-state index is 0.317. The second-order valence-electron chi connectivity index (χ2n) is 5.08. The number of halogens is 1. The van der Waals surface area contributed by atoms with E-state index in [1.807, 2.05) is 28.9 Å². The molecule has 3 aromatic heterocycles. The van der Waals surface area contributed by atoms with Crippen LogP contribution in [0.3, 0.4) is 0 Å². The maximum absolute atomic E-state index is 14.0. The Hall–Kier alpha value is -3.15. The van der Waals surface area contributed by atoms with Crippen LogP contribution in [0.4, 0.5) is 10.1 Å². The van der Waals surface area contributed by atoms with Crippen molar-refractivity contribution in [3.05, 3.63) is 72.8 Å². The molecule has 3 heterocycles. The molecule has 0 aliphatic heterocycles. The highest BCUT2D eigenvalue weighted by Crippen LogP contribution is 2.25. The van der Waals surface area contributed by atoms with Crippen LogP contribution in [-0.2, 0) is 6.54 Å². The van der Waals surface area contributed by atoms with E-state index in [0.29, 0.717) is 23.8 Å². The average Bonchev–Trinajstić information content (AvgIpc) is 3.23. The van der Waals surface area contributed by atoms with Crippen molar-refractivity contribution >= 4 is 11.5 Å². The molecule has 0 atom stereocenters. The second kappa shape index (κ2) is 5.57. The molecule has 114 valence electrons. The normalized spacial score (nSPS) is 11.0. The molecular formula is C17H13FN4O. The zero-order valence-corrected chi connectivity index (χ0v) is 12.1. The smallest absolute Gasteiger partial charge is 0.233 e. The molecule has 4 rings (SSSR count). The van der Waals surface area contributed by atoms with E-state index >= 15 is 0 Å². The molecule has 0 spiro atoms. The third-order valence-corrected chi connectivity index (χ3v) is 3.52. The molecule has 1 aromatic carbocycles. The van der Waals surface area contributed by atoms with Crippen LogP contribution in [0.2, 0.25) is 0 Å². The summed E-state index contributed by atoms with van der Waals surface area (Å²) in [6.07, 6.45) is 7.02. The summed E-state index contributed by atoms with van der Waals surface area (Å²) in [6, 6.07) is 10.3. The van der Waals surface area contributed by atoms with Crippen LogP contribution in [0.5, 0.6) is 0 Å². The maximum atomic E-state index is 14.0. The van der Waals surface area contributed by atoms with Gasteiger partial charge in [0.15, 0.2) is 0 Å². The van der Waals surface area contributed by atoms with Crippen LogP contribution in [-0.4, -0.2) is 14.4 Å². The molecule has 5 nitrogen and oxygen atoms in total. The lowest BCUT2D eigenvalue weighted by atomic mass is 10.1. The van der Waals surface area contributed by atoms with E-state index in [1.54, 1.807) is 30.7 Å². The van der Waals surface area contributed by atoms with Crippen LogP contribution in [0, 0.1) is 5.82 Å². The van der Waals surface area contributed by atoms with E-state index in [1.165, 1.54) is 6.07 Å². The second-order valence-corrected chi connectivity index (χ2v) is 5.08. The van der Waals surface area contributed by atoms with Gasteiger partial charge < -0.3 is 9.73 Å². The van der Waals surface area contributed by atoms with E-state index in [9.17, 15) is 4.39 Å². The number of hydrogen-bond acceptors (Lipinski definition) is 4. The van der Waals surface area contributed by atoms with Crippen LogP contribution >= 0.6 is 0 Å². The Labute approximate surface area is 131 Å². The van der Waals surface area contributed by atoms with Crippen molar-refractivity contribution < 1.29 is 8.81 Å². The number of fused-ring (bicyclic) bond motifs is 1. The van der Waals surface area contributed by atoms with Gasteiger partial charge >= 0.3 is 0 Å². The van der Waals surface area contributed by atoms with Gasteiger partial charge in [-0.2, -0.15) is 0 Å². The Morgan fingerprint density at radius 1 is 1.22 bits per heavy atom. The predicted octanol–water partition coefficient (Wildman–Crippen LogP) is 3.74. The van der Waals surface area contributed by atoms with Gasteiger partial charge in [-0.15, -0.1) is 0 Å². The fraction of sp³-hybridized carbons (Fsp3) is 0.0588. The summed E-state index contributed by atoms with van der Waals surface area (Å²) in [6.45, 7) is 0.405. The zero-order chi connectivity index (χ0) is 15.6. The third kappa shape index (κ3) is 2.66. The summed E-state index contributed by atoms with van der Waals surface area (Å²) < 4.78 is 21.2. The number of nitrogens with one attached hydrogen (secondary N) is 1. The number of rotatable bonds is 4. The van der Waals surface area contributed by atoms with Gasteiger partial charge in [-0.25, -0.2) is 14.4 Å². The van der Waals surface area contributed by atoms with Gasteiger partial charge in [0, 0.05) is 24.2 Å². The number of imidazole rings is 1. The molecule has 0 aliphatic rings. The third-order valence-electron chi connectivity index (χ3n) is 3.52. The van der Waals surface area contributed by atoms with Crippen LogP contribution in [0.15, 0.2) is 65.7 Å². The van der Waals surface area contributed by atoms with Gasteiger partial charge in [-0.1, -0.05) is 0 Å². The summed E-state index contributed by atoms with van der Waals surface area (Å²) in [5.41, 5.74) is 2.01. The van der Waals surface area contributed by atoms with Gasteiger partial charge in [0.05, 0.1) is 24.2 Å². The first kappa shape index (κ1) is 13.5. The summed E-state index contributed by atoms with van der Waals surface area (Å²) >= 11 is 0. The lowest BCUT2D eigenvalue weighted by molar-refractivity contribution is 0.582. The van der Waals surface area contributed by atoms with Crippen molar-refractivity contribution in [3.8, 4) is 11.3 Å². The standard InChI is InChI=1S/C17H13FN4O/c18-14-5-4-12(16-3-1-8-23-16)9-15(14)20-10-13-11-22-7-2-6-19-17(22)21-13/h1-9,11,20H,10H2. The monoisotopic (exact) mass is 308 g/mol. The summed E-state index contributed by atoms with van der Waals surface area (Å²) in [5.74, 6) is 1.00. The zero-order valence-electron chi connectivity index (χ0n) is 12.1. The molecule has 0 saturated carbocycles. The Morgan fingerprint density at radius 3 is 3.00 bits per heavy atom. The molecule has 23 heavy (non-hydrogen) atoms. The van der Waals surface area contributed by atoms with Crippen molar-refractivity contribution in [2.45, 2.75) is 6.54 Å². The summed E-state index contributed by atoms with van der Waals surface area (Å²) in [4.78, 5) is 8.54. The van der Waals surface area contributed by atoms with Crippen molar-refractivity contribution in [1.29, 1.82) is 0 Å². The average molecular weight is 308 g/mol. The molecule has 0 fully saturated rings. The largest absolute Gasteiger partial charge is 0.464 e. The topological polar surface area (TPSA) is 55.4 Å². The fourth-order valence-corrected chi connectivity index (χ4v) is 2.41. The molecule has 0 amide bonds. The van der Waals surface area contributed by atoms with Crippen LogP contribution < -0.4 is 5.32 Å². The molecule has 1 N–H and O–H groups in total. The molecule has 6 heteroatoms. The molecule has 0 radical (unpaired) electrons. The molecule has 4 aromatic rings. The first-order chi connectivity index (χ1) is 11.3. The maximum Gasteiger partial charge on any atom is 0.233 e. The van der Waals surface area contributed by atoms with Gasteiger partial charge in [-0.05, 0) is 36.4 Å². The minimum atomic E-state index is -0.317. The van der Waals surface area contributed by atoms with Crippen LogP contribution in [0.1, 0.15) is 5.69 Å². The molecule has 0 saturated heterocycles. The minimum Gasteiger partial charge on any atom is -0.464 e. The predicted molar refractivity (Wildman–Crippen MR) is 84.4 cm³/mol.